The van der Waals surface area contributed by atoms with Crippen molar-refractivity contribution in [2.45, 2.75) is 104 Å². The van der Waals surface area contributed by atoms with Gasteiger partial charge in [-0.25, -0.2) is 9.59 Å². The lowest BCUT2D eigenvalue weighted by atomic mass is 9.75. The lowest BCUT2D eigenvalue weighted by Gasteiger charge is -2.37. The van der Waals surface area contributed by atoms with Crippen LogP contribution in [0.5, 0.6) is 0 Å². The molecule has 0 spiro atoms. The van der Waals surface area contributed by atoms with Gasteiger partial charge in [-0.2, -0.15) is 0 Å². The van der Waals surface area contributed by atoms with E-state index in [1.807, 2.05) is 30.4 Å². The van der Waals surface area contributed by atoms with Gasteiger partial charge in [0.15, 0.2) is 12.2 Å². The molecule has 8 atom stereocenters. The molecule has 2 fully saturated rings. The van der Waals surface area contributed by atoms with Crippen molar-refractivity contribution in [1.82, 2.24) is 0 Å². The van der Waals surface area contributed by atoms with Crippen molar-refractivity contribution in [3.05, 3.63) is 65.7 Å². The van der Waals surface area contributed by atoms with Crippen LogP contribution in [-0.4, -0.2) is 43.5 Å². The summed E-state index contributed by atoms with van der Waals surface area (Å²) < 4.78 is 24.9. The molecule has 6 heteroatoms. The van der Waals surface area contributed by atoms with E-state index in [9.17, 15) is 9.59 Å². The molecule has 3 aliphatic rings. The van der Waals surface area contributed by atoms with Gasteiger partial charge < -0.3 is 18.9 Å². The second-order valence-corrected chi connectivity index (χ2v) is 15.6. The fourth-order valence-electron chi connectivity index (χ4n) is 8.53. The van der Waals surface area contributed by atoms with E-state index in [2.05, 4.69) is 71.9 Å². The summed E-state index contributed by atoms with van der Waals surface area (Å²) in [7, 11) is 0. The molecule has 2 saturated carbocycles. The minimum atomic E-state index is -0.820. The average Bonchev–Trinajstić information content (AvgIpc) is 3.06. The van der Waals surface area contributed by atoms with E-state index in [0.29, 0.717) is 35.5 Å². The normalized spacial score (nSPS) is 28.9. The summed E-state index contributed by atoms with van der Waals surface area (Å²) in [5, 5.41) is 4.24. The van der Waals surface area contributed by atoms with Gasteiger partial charge in [0, 0.05) is 5.56 Å². The number of rotatable bonds is 10. The fourth-order valence-corrected chi connectivity index (χ4v) is 8.53. The monoisotopic (exact) mass is 654 g/mol. The van der Waals surface area contributed by atoms with Crippen molar-refractivity contribution in [1.29, 1.82) is 0 Å². The van der Waals surface area contributed by atoms with E-state index >= 15 is 0 Å². The van der Waals surface area contributed by atoms with Crippen molar-refractivity contribution < 1.29 is 28.5 Å². The number of fused-ring (bicyclic) bond motifs is 4. The number of hydrogen-bond acceptors (Lipinski definition) is 6. The van der Waals surface area contributed by atoms with E-state index in [4.69, 9.17) is 18.9 Å². The Bertz CT molecular complexity index is 1620. The maximum atomic E-state index is 13.6. The van der Waals surface area contributed by atoms with E-state index in [-0.39, 0.29) is 25.4 Å². The van der Waals surface area contributed by atoms with Gasteiger partial charge in [0.2, 0.25) is 0 Å². The van der Waals surface area contributed by atoms with Gasteiger partial charge in [0.05, 0.1) is 12.2 Å². The molecule has 3 aliphatic carbocycles. The molecule has 6 nitrogen and oxygen atoms in total. The van der Waals surface area contributed by atoms with Crippen molar-refractivity contribution in [3.63, 3.8) is 0 Å². The third-order valence-electron chi connectivity index (χ3n) is 11.3. The molecule has 3 aromatic carbocycles. The minimum absolute atomic E-state index is 0.0231. The zero-order valence-electron chi connectivity index (χ0n) is 29.7. The quantitative estimate of drug-likeness (QED) is 0.160. The lowest BCUT2D eigenvalue weighted by molar-refractivity contribution is -0.175. The number of hydrogen-bond donors (Lipinski definition) is 0. The molecule has 258 valence electrons. The van der Waals surface area contributed by atoms with Crippen molar-refractivity contribution in [3.8, 4) is 0 Å². The van der Waals surface area contributed by atoms with Crippen LogP contribution in [0.15, 0.2) is 54.6 Å². The van der Waals surface area contributed by atoms with Crippen LogP contribution < -0.4 is 0 Å². The van der Waals surface area contributed by atoms with Crippen LogP contribution in [-0.2, 0) is 28.5 Å². The molecule has 0 saturated heterocycles. The number of esters is 2. The summed E-state index contributed by atoms with van der Waals surface area (Å²) >= 11 is 0. The molecule has 0 heterocycles. The first-order chi connectivity index (χ1) is 23.1. The highest BCUT2D eigenvalue weighted by molar-refractivity contribution is 6.01. The topological polar surface area (TPSA) is 71.1 Å². The molecule has 0 bridgehead atoms. The van der Waals surface area contributed by atoms with Gasteiger partial charge in [-0.1, -0.05) is 96.9 Å². The summed E-state index contributed by atoms with van der Waals surface area (Å²) in [5.41, 5.74) is 1.79. The first-order valence-corrected chi connectivity index (χ1v) is 18.3. The highest BCUT2D eigenvalue weighted by atomic mass is 16.6. The van der Waals surface area contributed by atoms with Crippen molar-refractivity contribution in [2.24, 2.45) is 35.5 Å². The van der Waals surface area contributed by atoms with Crippen LogP contribution in [0.4, 0.5) is 0 Å². The Labute approximate surface area is 286 Å². The van der Waals surface area contributed by atoms with Gasteiger partial charge in [-0.15, -0.1) is 0 Å². The maximum absolute atomic E-state index is 13.6. The fraction of sp³-hybridized carbons (Fsp3) is 0.571. The zero-order chi connectivity index (χ0) is 33.9. The Morgan fingerprint density at radius 3 is 1.85 bits per heavy atom. The van der Waals surface area contributed by atoms with E-state index < -0.39 is 24.1 Å². The summed E-state index contributed by atoms with van der Waals surface area (Å²) in [6.07, 6.45) is 8.74. The second kappa shape index (κ2) is 15.1. The highest BCUT2D eigenvalue weighted by Crippen LogP contribution is 2.41. The second-order valence-electron chi connectivity index (χ2n) is 15.6. The van der Waals surface area contributed by atoms with Crippen LogP contribution in [0.25, 0.3) is 27.6 Å². The van der Waals surface area contributed by atoms with Gasteiger partial charge in [0.25, 0.3) is 0 Å². The molecule has 3 aromatic rings. The molecule has 0 aliphatic heterocycles. The van der Waals surface area contributed by atoms with Gasteiger partial charge >= 0.3 is 11.9 Å². The molecular weight excluding hydrogens is 600 g/mol. The number of ether oxygens (including phenoxy) is 4. The number of benzene rings is 3. The summed E-state index contributed by atoms with van der Waals surface area (Å²) in [4.78, 5) is 27.0. The Morgan fingerprint density at radius 2 is 1.27 bits per heavy atom. The van der Waals surface area contributed by atoms with Crippen LogP contribution in [0.1, 0.15) is 97.3 Å². The van der Waals surface area contributed by atoms with E-state index in [0.717, 1.165) is 58.4 Å². The average molecular weight is 655 g/mol. The molecule has 6 unspecified atom stereocenters. The molecule has 6 rings (SSSR count). The SMILES string of the molecule is CC1CCC(C(C)C)C(OCC(=O)O[C@H]2C=Cc3ccc4cc5ccccc5cc4c3[C@@H]2OC(=O)COC2CC(C)CCC2C(C)C)C1. The van der Waals surface area contributed by atoms with E-state index in [1.54, 1.807) is 0 Å². The molecular formula is C42H54O6. The largest absolute Gasteiger partial charge is 0.452 e. The van der Waals surface area contributed by atoms with Gasteiger partial charge in [-0.3, -0.25) is 0 Å². The third kappa shape index (κ3) is 7.81. The Hall–Kier alpha value is -3.22. The molecule has 0 aromatic heterocycles. The number of carbonyl (C=O) groups excluding carboxylic acids is 2. The summed E-state index contributed by atoms with van der Waals surface area (Å²) in [5.74, 6) is 2.04. The maximum Gasteiger partial charge on any atom is 0.332 e. The van der Waals surface area contributed by atoms with Crippen molar-refractivity contribution in [2.75, 3.05) is 13.2 Å². The summed E-state index contributed by atoms with van der Waals surface area (Å²) in [6.45, 7) is 13.2. The first-order valence-electron chi connectivity index (χ1n) is 18.3. The number of carbonyl (C=O) groups is 2. The van der Waals surface area contributed by atoms with Gasteiger partial charge in [-0.05, 0) is 107 Å². The smallest absolute Gasteiger partial charge is 0.332 e. The predicted molar refractivity (Wildman–Crippen MR) is 191 cm³/mol. The zero-order valence-corrected chi connectivity index (χ0v) is 29.7. The summed E-state index contributed by atoms with van der Waals surface area (Å²) in [6, 6.07) is 16.7. The standard InChI is InChI=1S/C42H54O6/c1-25(2)33-16-11-27(5)19-37(33)45-23-39(43)47-36-18-15-29-13-14-32-21-30-9-7-8-10-31(30)22-35(32)41(29)42(36)48-40(44)24-46-38-20-28(6)12-17-34(38)26(3)4/h7-10,13-15,18,21-22,25-28,33-34,36-38,42H,11-12,16-17,19-20,23-24H2,1-6H3/t27?,28?,33?,34?,36-,37?,38?,42+/m0/s1. The molecule has 0 N–H and O–H groups in total. The van der Waals surface area contributed by atoms with Crippen LogP contribution in [0.3, 0.4) is 0 Å². The van der Waals surface area contributed by atoms with Crippen LogP contribution in [0.2, 0.25) is 0 Å². The molecule has 48 heavy (non-hydrogen) atoms. The first kappa shape index (κ1) is 34.6. The lowest BCUT2D eigenvalue weighted by Crippen LogP contribution is -2.37. The van der Waals surface area contributed by atoms with E-state index in [1.165, 1.54) is 12.8 Å². The van der Waals surface area contributed by atoms with Crippen molar-refractivity contribution >= 4 is 39.6 Å². The van der Waals surface area contributed by atoms with Gasteiger partial charge in [0.1, 0.15) is 13.2 Å². The highest BCUT2D eigenvalue weighted by Gasteiger charge is 2.37. The molecule has 0 radical (unpaired) electrons. The minimum Gasteiger partial charge on any atom is -0.452 e. The third-order valence-corrected chi connectivity index (χ3v) is 11.3. The predicted octanol–water partition coefficient (Wildman–Crippen LogP) is 9.47. The van der Waals surface area contributed by atoms with Crippen LogP contribution in [0, 0.1) is 35.5 Å². The Morgan fingerprint density at radius 1 is 0.708 bits per heavy atom. The Balaban J connectivity index is 1.24. The Kier molecular flexibility index (Phi) is 10.9. The molecule has 0 amide bonds. The van der Waals surface area contributed by atoms with Crippen LogP contribution >= 0.6 is 0 Å².